The van der Waals surface area contributed by atoms with E-state index in [9.17, 15) is 9.50 Å². The lowest BCUT2D eigenvalue weighted by Gasteiger charge is -2.34. The standard InChI is InChI=1S/C21H30FNO2/c1-5-9-17-10-7-8-13-25-20(17)16(4)21(24)23(6-2)18-11-12-19(22)15(3)14-18/h5,9,11-12,14,16,21,24H,6-8,10,13H2,1-4H3/b9-5-. The van der Waals surface area contributed by atoms with Crippen molar-refractivity contribution in [2.75, 3.05) is 18.1 Å². The molecule has 2 rings (SSSR count). The SMILES string of the molecule is C/C=C\C1=C(C(C)C(O)N(CC)c2ccc(F)c(C)c2)OCCCC1. The summed E-state index contributed by atoms with van der Waals surface area (Å²) in [6, 6.07) is 4.96. The van der Waals surface area contributed by atoms with Crippen LogP contribution in [0.3, 0.4) is 0 Å². The Hall–Kier alpha value is -1.81. The normalized spacial score (nSPS) is 18.0. The van der Waals surface area contributed by atoms with Gasteiger partial charge >= 0.3 is 0 Å². The van der Waals surface area contributed by atoms with Gasteiger partial charge in [0.2, 0.25) is 0 Å². The number of anilines is 1. The quantitative estimate of drug-likeness (QED) is 0.739. The smallest absolute Gasteiger partial charge is 0.136 e. The third-order valence-corrected chi connectivity index (χ3v) is 4.78. The number of halogens is 1. The first kappa shape index (κ1) is 19.5. The lowest BCUT2D eigenvalue weighted by molar-refractivity contribution is 0.0823. The molecule has 0 bridgehead atoms. The van der Waals surface area contributed by atoms with Crippen LogP contribution in [0.15, 0.2) is 41.7 Å². The number of benzene rings is 1. The van der Waals surface area contributed by atoms with Gasteiger partial charge in [-0.1, -0.05) is 19.1 Å². The molecule has 0 saturated carbocycles. The molecule has 1 heterocycles. The van der Waals surface area contributed by atoms with Gasteiger partial charge in [0.05, 0.1) is 12.5 Å². The van der Waals surface area contributed by atoms with Gasteiger partial charge in [-0.25, -0.2) is 4.39 Å². The van der Waals surface area contributed by atoms with Gasteiger partial charge in [-0.2, -0.15) is 0 Å². The number of hydrogen-bond donors (Lipinski definition) is 1. The summed E-state index contributed by atoms with van der Waals surface area (Å²) in [6.45, 7) is 9.04. The maximum atomic E-state index is 13.6. The molecule has 0 aliphatic carbocycles. The van der Waals surface area contributed by atoms with Crippen molar-refractivity contribution < 1.29 is 14.2 Å². The molecule has 3 nitrogen and oxygen atoms in total. The number of ether oxygens (including phenoxy) is 1. The Morgan fingerprint density at radius 2 is 2.12 bits per heavy atom. The number of rotatable bonds is 6. The van der Waals surface area contributed by atoms with E-state index in [1.54, 1.807) is 19.1 Å². The molecular weight excluding hydrogens is 317 g/mol. The van der Waals surface area contributed by atoms with Crippen LogP contribution in [-0.4, -0.2) is 24.5 Å². The van der Waals surface area contributed by atoms with Crippen molar-refractivity contribution in [3.05, 3.63) is 53.1 Å². The molecule has 0 fully saturated rings. The highest BCUT2D eigenvalue weighted by atomic mass is 19.1. The zero-order valence-electron chi connectivity index (χ0n) is 15.8. The van der Waals surface area contributed by atoms with Crippen molar-refractivity contribution in [1.82, 2.24) is 0 Å². The monoisotopic (exact) mass is 347 g/mol. The maximum Gasteiger partial charge on any atom is 0.136 e. The Morgan fingerprint density at radius 3 is 2.76 bits per heavy atom. The highest BCUT2D eigenvalue weighted by Crippen LogP contribution is 2.31. The highest BCUT2D eigenvalue weighted by Gasteiger charge is 2.28. The predicted molar refractivity (Wildman–Crippen MR) is 101 cm³/mol. The van der Waals surface area contributed by atoms with E-state index in [2.05, 4.69) is 6.08 Å². The van der Waals surface area contributed by atoms with Crippen LogP contribution < -0.4 is 4.90 Å². The number of nitrogens with zero attached hydrogens (tertiary/aromatic N) is 1. The fourth-order valence-corrected chi connectivity index (χ4v) is 3.34. The van der Waals surface area contributed by atoms with Gasteiger partial charge in [0, 0.05) is 12.2 Å². The van der Waals surface area contributed by atoms with Crippen molar-refractivity contribution in [2.24, 2.45) is 5.92 Å². The topological polar surface area (TPSA) is 32.7 Å². The summed E-state index contributed by atoms with van der Waals surface area (Å²) in [4.78, 5) is 1.89. The molecule has 0 saturated heterocycles. The maximum absolute atomic E-state index is 13.6. The fourth-order valence-electron chi connectivity index (χ4n) is 3.34. The Bertz CT molecular complexity index is 639. The zero-order chi connectivity index (χ0) is 18.4. The number of hydrogen-bond acceptors (Lipinski definition) is 3. The Balaban J connectivity index is 2.31. The van der Waals surface area contributed by atoms with E-state index in [-0.39, 0.29) is 11.7 Å². The molecule has 2 atom stereocenters. The van der Waals surface area contributed by atoms with E-state index in [1.807, 2.05) is 31.7 Å². The molecule has 1 aliphatic rings. The molecule has 0 radical (unpaired) electrons. The zero-order valence-corrected chi connectivity index (χ0v) is 15.8. The summed E-state index contributed by atoms with van der Waals surface area (Å²) in [5, 5.41) is 11.0. The second-order valence-corrected chi connectivity index (χ2v) is 6.62. The van der Waals surface area contributed by atoms with Gasteiger partial charge in [-0.05, 0) is 69.4 Å². The Morgan fingerprint density at radius 1 is 1.36 bits per heavy atom. The van der Waals surface area contributed by atoms with Gasteiger partial charge in [0.25, 0.3) is 0 Å². The summed E-state index contributed by atoms with van der Waals surface area (Å²) >= 11 is 0. The van der Waals surface area contributed by atoms with Crippen LogP contribution in [0.2, 0.25) is 0 Å². The molecular formula is C21H30FNO2. The van der Waals surface area contributed by atoms with Crippen LogP contribution in [0, 0.1) is 18.7 Å². The second kappa shape index (κ2) is 9.04. The molecule has 138 valence electrons. The van der Waals surface area contributed by atoms with Gasteiger partial charge in [-0.15, -0.1) is 0 Å². The lowest BCUT2D eigenvalue weighted by Crippen LogP contribution is -2.41. The van der Waals surface area contributed by atoms with E-state index in [4.69, 9.17) is 4.74 Å². The van der Waals surface area contributed by atoms with E-state index in [0.29, 0.717) is 18.7 Å². The van der Waals surface area contributed by atoms with Crippen molar-refractivity contribution in [3.8, 4) is 0 Å². The van der Waals surface area contributed by atoms with Crippen molar-refractivity contribution in [2.45, 2.75) is 53.2 Å². The first-order chi connectivity index (χ1) is 12.0. The average Bonchev–Trinajstić information content (AvgIpc) is 2.83. The van der Waals surface area contributed by atoms with Crippen LogP contribution in [0.5, 0.6) is 0 Å². The molecule has 1 aliphatic heterocycles. The number of allylic oxidation sites excluding steroid dienone is 3. The summed E-state index contributed by atoms with van der Waals surface area (Å²) < 4.78 is 19.6. The third-order valence-electron chi connectivity index (χ3n) is 4.78. The molecule has 25 heavy (non-hydrogen) atoms. The molecule has 1 N–H and O–H groups in total. The molecule has 0 aromatic heterocycles. The molecule has 0 amide bonds. The molecule has 1 aromatic carbocycles. The Labute approximate surface area is 150 Å². The van der Waals surface area contributed by atoms with Crippen molar-refractivity contribution in [1.29, 1.82) is 0 Å². The van der Waals surface area contributed by atoms with E-state index in [1.165, 1.54) is 6.07 Å². The minimum atomic E-state index is -0.733. The van der Waals surface area contributed by atoms with Crippen LogP contribution in [0.1, 0.15) is 45.6 Å². The molecule has 4 heteroatoms. The molecule has 2 unspecified atom stereocenters. The van der Waals surface area contributed by atoms with Gasteiger partial charge in [-0.3, -0.25) is 0 Å². The van der Waals surface area contributed by atoms with Crippen LogP contribution in [0.4, 0.5) is 10.1 Å². The molecule has 1 aromatic rings. The summed E-state index contributed by atoms with van der Waals surface area (Å²) in [7, 11) is 0. The number of aliphatic hydroxyl groups excluding tert-OH is 1. The van der Waals surface area contributed by atoms with Crippen LogP contribution in [-0.2, 0) is 4.74 Å². The third kappa shape index (κ3) is 4.63. The van der Waals surface area contributed by atoms with Crippen LogP contribution >= 0.6 is 0 Å². The molecule has 0 spiro atoms. The average molecular weight is 347 g/mol. The van der Waals surface area contributed by atoms with Gasteiger partial charge < -0.3 is 14.7 Å². The van der Waals surface area contributed by atoms with Crippen molar-refractivity contribution >= 4 is 5.69 Å². The van der Waals surface area contributed by atoms with Gasteiger partial charge in [0.1, 0.15) is 17.8 Å². The summed E-state index contributed by atoms with van der Waals surface area (Å²) in [5.41, 5.74) is 2.57. The Kier molecular flexibility index (Phi) is 7.06. The fraction of sp³-hybridized carbons (Fsp3) is 0.524. The van der Waals surface area contributed by atoms with E-state index in [0.717, 1.165) is 36.3 Å². The largest absolute Gasteiger partial charge is 0.497 e. The van der Waals surface area contributed by atoms with Crippen LogP contribution in [0.25, 0.3) is 0 Å². The van der Waals surface area contributed by atoms with E-state index >= 15 is 0 Å². The minimum Gasteiger partial charge on any atom is -0.497 e. The second-order valence-electron chi connectivity index (χ2n) is 6.62. The lowest BCUT2D eigenvalue weighted by atomic mass is 9.98. The first-order valence-corrected chi connectivity index (χ1v) is 9.19. The minimum absolute atomic E-state index is 0.172. The summed E-state index contributed by atoms with van der Waals surface area (Å²) in [5.74, 6) is 0.475. The van der Waals surface area contributed by atoms with Gasteiger partial charge in [0.15, 0.2) is 0 Å². The predicted octanol–water partition coefficient (Wildman–Crippen LogP) is 4.95. The first-order valence-electron chi connectivity index (χ1n) is 9.19. The highest BCUT2D eigenvalue weighted by molar-refractivity contribution is 5.49. The van der Waals surface area contributed by atoms with E-state index < -0.39 is 6.23 Å². The number of aliphatic hydroxyl groups is 1. The van der Waals surface area contributed by atoms with Crippen molar-refractivity contribution in [3.63, 3.8) is 0 Å². The summed E-state index contributed by atoms with van der Waals surface area (Å²) in [6.07, 6.45) is 6.47. The number of aryl methyl sites for hydroxylation is 1.